The quantitative estimate of drug-likeness (QED) is 0.784. The van der Waals surface area contributed by atoms with Crippen LogP contribution in [0.15, 0.2) is 60.7 Å². The van der Waals surface area contributed by atoms with Gasteiger partial charge in [-0.2, -0.15) is 0 Å². The molecule has 0 bridgehead atoms. The lowest BCUT2D eigenvalue weighted by Gasteiger charge is -2.20. The zero-order valence-corrected chi connectivity index (χ0v) is 14.2. The van der Waals surface area contributed by atoms with Gasteiger partial charge in [0.15, 0.2) is 0 Å². The number of rotatable bonds is 6. The van der Waals surface area contributed by atoms with E-state index in [-0.39, 0.29) is 11.9 Å². The summed E-state index contributed by atoms with van der Waals surface area (Å²) in [5.74, 6) is -0.125. The number of amides is 1. The van der Waals surface area contributed by atoms with Crippen molar-refractivity contribution in [1.82, 2.24) is 5.32 Å². The molecule has 0 aliphatic heterocycles. The van der Waals surface area contributed by atoms with E-state index in [1.165, 1.54) is 11.0 Å². The van der Waals surface area contributed by atoms with Crippen LogP contribution in [0.2, 0.25) is 5.02 Å². The highest BCUT2D eigenvalue weighted by Crippen LogP contribution is 2.16. The summed E-state index contributed by atoms with van der Waals surface area (Å²) in [5.41, 5.74) is 1.94. The molecule has 1 atom stereocenters. The summed E-state index contributed by atoms with van der Waals surface area (Å²) in [6.45, 7) is 0.815. The third-order valence-electron chi connectivity index (χ3n) is 3.45. The molecule has 2 aromatic rings. The Bertz CT molecular complexity index is 668. The molecule has 0 aliphatic carbocycles. The van der Waals surface area contributed by atoms with Crippen molar-refractivity contribution in [2.45, 2.75) is 6.04 Å². The molecule has 0 radical (unpaired) electrons. The Labute approximate surface area is 142 Å². The number of likely N-dealkylation sites (N-methyl/N-ethyl adjacent to an activating group) is 1. The van der Waals surface area contributed by atoms with Crippen LogP contribution in [0.3, 0.4) is 0 Å². The van der Waals surface area contributed by atoms with Crippen LogP contribution < -0.4 is 10.2 Å². The third kappa shape index (κ3) is 5.55. The van der Waals surface area contributed by atoms with Crippen molar-refractivity contribution in [3.05, 3.63) is 76.8 Å². The predicted octanol–water partition coefficient (Wildman–Crippen LogP) is 2.36. The van der Waals surface area contributed by atoms with Gasteiger partial charge < -0.3 is 10.2 Å². The Morgan fingerprint density at radius 3 is 2.43 bits per heavy atom. The normalized spacial score (nSPS) is 12.5. The number of halogens is 1. The van der Waals surface area contributed by atoms with Gasteiger partial charge in [-0.15, -0.1) is 0 Å². The van der Waals surface area contributed by atoms with Gasteiger partial charge in [0.2, 0.25) is 5.91 Å². The minimum absolute atomic E-state index is 0.0235. The molecular formula is C19H22ClN2O+. The molecule has 0 fully saturated rings. The molecule has 0 saturated carbocycles. The highest BCUT2D eigenvalue weighted by molar-refractivity contribution is 6.32. The van der Waals surface area contributed by atoms with Crippen molar-refractivity contribution in [3.8, 4) is 0 Å². The topological polar surface area (TPSA) is 33.5 Å². The summed E-state index contributed by atoms with van der Waals surface area (Å²) >= 11 is 6.09. The van der Waals surface area contributed by atoms with Crippen LogP contribution in [-0.4, -0.2) is 26.5 Å². The van der Waals surface area contributed by atoms with E-state index in [0.29, 0.717) is 5.02 Å². The van der Waals surface area contributed by atoms with Crippen LogP contribution in [0.25, 0.3) is 6.08 Å². The van der Waals surface area contributed by atoms with Crippen LogP contribution >= 0.6 is 11.6 Å². The van der Waals surface area contributed by atoms with Gasteiger partial charge in [-0.05, 0) is 23.3 Å². The molecule has 0 spiro atoms. The number of hydrogen-bond donors (Lipinski definition) is 2. The molecule has 2 aromatic carbocycles. The minimum Gasteiger partial charge on any atom is -0.340 e. The zero-order valence-electron chi connectivity index (χ0n) is 13.4. The van der Waals surface area contributed by atoms with E-state index >= 15 is 0 Å². The predicted molar refractivity (Wildman–Crippen MR) is 95.5 cm³/mol. The Morgan fingerprint density at radius 2 is 1.78 bits per heavy atom. The van der Waals surface area contributed by atoms with Crippen molar-refractivity contribution >= 4 is 23.6 Å². The van der Waals surface area contributed by atoms with E-state index in [4.69, 9.17) is 11.6 Å². The number of benzene rings is 2. The second-order valence-electron chi connectivity index (χ2n) is 5.74. The fraction of sp³-hybridized carbons (Fsp3) is 0.211. The molecular weight excluding hydrogens is 308 g/mol. The second-order valence-corrected chi connectivity index (χ2v) is 6.15. The molecule has 2 N–H and O–H groups in total. The van der Waals surface area contributed by atoms with E-state index in [1.54, 1.807) is 12.1 Å². The first-order valence-electron chi connectivity index (χ1n) is 7.63. The molecule has 3 nitrogen and oxygen atoms in total. The summed E-state index contributed by atoms with van der Waals surface area (Å²) in [5, 5.41) is 3.70. The molecule has 120 valence electrons. The largest absolute Gasteiger partial charge is 0.340 e. The first-order chi connectivity index (χ1) is 11.1. The average molecular weight is 330 g/mol. The lowest BCUT2D eigenvalue weighted by atomic mass is 10.1. The molecule has 0 heterocycles. The maximum atomic E-state index is 12.2. The summed E-state index contributed by atoms with van der Waals surface area (Å²) in [6.07, 6.45) is 3.27. The second kappa shape index (κ2) is 8.51. The van der Waals surface area contributed by atoms with Crippen molar-refractivity contribution < 1.29 is 9.69 Å². The molecule has 1 amide bonds. The number of hydrogen-bond acceptors (Lipinski definition) is 1. The van der Waals surface area contributed by atoms with Gasteiger partial charge in [0, 0.05) is 11.1 Å². The van der Waals surface area contributed by atoms with Crippen LogP contribution in [0.4, 0.5) is 0 Å². The summed E-state index contributed by atoms with van der Waals surface area (Å²) in [7, 11) is 4.14. The Kier molecular flexibility index (Phi) is 6.39. The Morgan fingerprint density at radius 1 is 1.13 bits per heavy atom. The van der Waals surface area contributed by atoms with E-state index in [1.807, 2.05) is 48.5 Å². The van der Waals surface area contributed by atoms with Crippen molar-refractivity contribution in [3.63, 3.8) is 0 Å². The van der Waals surface area contributed by atoms with Crippen molar-refractivity contribution in [2.75, 3.05) is 20.6 Å². The number of carbonyl (C=O) groups excluding carboxylic acids is 1. The number of nitrogens with one attached hydrogen (secondary N) is 2. The molecule has 4 heteroatoms. The van der Waals surface area contributed by atoms with Gasteiger partial charge >= 0.3 is 0 Å². The summed E-state index contributed by atoms with van der Waals surface area (Å²) in [4.78, 5) is 13.5. The monoisotopic (exact) mass is 329 g/mol. The van der Waals surface area contributed by atoms with Gasteiger partial charge in [-0.1, -0.05) is 60.1 Å². The standard InChI is InChI=1S/C19H21ClN2O/c1-22(2)14-18(16-9-4-3-5-10-16)21-19(23)13-12-15-8-6-7-11-17(15)20/h3-13,18H,14H2,1-2H3,(H,21,23)/p+1/b13-12+/t18-/m1/s1. The Balaban J connectivity index is 2.07. The van der Waals surface area contributed by atoms with E-state index in [9.17, 15) is 4.79 Å². The SMILES string of the molecule is C[NH+](C)C[C@@H](NC(=O)/C=C/c1ccccc1Cl)c1ccccc1. The van der Waals surface area contributed by atoms with Crippen LogP contribution in [-0.2, 0) is 4.79 Å². The lowest BCUT2D eigenvalue weighted by molar-refractivity contribution is -0.860. The fourth-order valence-electron chi connectivity index (χ4n) is 2.34. The number of quaternary nitrogens is 1. The minimum atomic E-state index is -0.125. The first kappa shape index (κ1) is 17.3. The number of carbonyl (C=O) groups is 1. The molecule has 0 aliphatic rings. The molecule has 0 aromatic heterocycles. The highest BCUT2D eigenvalue weighted by atomic mass is 35.5. The van der Waals surface area contributed by atoms with Gasteiger partial charge in [-0.3, -0.25) is 4.79 Å². The fourth-order valence-corrected chi connectivity index (χ4v) is 2.54. The van der Waals surface area contributed by atoms with Crippen LogP contribution in [0.5, 0.6) is 0 Å². The van der Waals surface area contributed by atoms with Crippen molar-refractivity contribution in [1.29, 1.82) is 0 Å². The molecule has 23 heavy (non-hydrogen) atoms. The van der Waals surface area contributed by atoms with Crippen molar-refractivity contribution in [2.24, 2.45) is 0 Å². The lowest BCUT2D eigenvalue weighted by Crippen LogP contribution is -3.06. The molecule has 0 unspecified atom stereocenters. The van der Waals surface area contributed by atoms with Gasteiger partial charge in [-0.25, -0.2) is 0 Å². The summed E-state index contributed by atoms with van der Waals surface area (Å²) in [6, 6.07) is 17.4. The van der Waals surface area contributed by atoms with E-state index in [0.717, 1.165) is 17.7 Å². The first-order valence-corrected chi connectivity index (χ1v) is 8.01. The maximum absolute atomic E-state index is 12.2. The summed E-state index contributed by atoms with van der Waals surface area (Å²) < 4.78 is 0. The van der Waals surface area contributed by atoms with Gasteiger partial charge in [0.25, 0.3) is 0 Å². The smallest absolute Gasteiger partial charge is 0.244 e. The zero-order chi connectivity index (χ0) is 16.7. The Hall–Kier alpha value is -2.10. The molecule has 2 rings (SSSR count). The third-order valence-corrected chi connectivity index (χ3v) is 3.79. The van der Waals surface area contributed by atoms with Crippen LogP contribution in [0, 0.1) is 0 Å². The van der Waals surface area contributed by atoms with Gasteiger partial charge in [0.05, 0.1) is 14.1 Å². The average Bonchev–Trinajstić information content (AvgIpc) is 2.54. The van der Waals surface area contributed by atoms with E-state index in [2.05, 4.69) is 19.4 Å². The van der Waals surface area contributed by atoms with Crippen LogP contribution in [0.1, 0.15) is 17.2 Å². The highest BCUT2D eigenvalue weighted by Gasteiger charge is 2.16. The van der Waals surface area contributed by atoms with E-state index < -0.39 is 0 Å². The maximum Gasteiger partial charge on any atom is 0.244 e. The van der Waals surface area contributed by atoms with Gasteiger partial charge in [0.1, 0.15) is 12.6 Å². The molecule has 0 saturated heterocycles.